The Hall–Kier alpha value is -2.02. The second-order valence-electron chi connectivity index (χ2n) is 6.80. The van der Waals surface area contributed by atoms with Crippen molar-refractivity contribution in [3.8, 4) is 0 Å². The number of amides is 2. The van der Waals surface area contributed by atoms with Crippen molar-refractivity contribution >= 4 is 35.2 Å². The van der Waals surface area contributed by atoms with Gasteiger partial charge in [0.05, 0.1) is 4.87 Å². The molecule has 6 nitrogen and oxygen atoms in total. The second-order valence-corrected chi connectivity index (χ2v) is 8.30. The molecule has 0 aliphatic carbocycles. The number of hydrogen-bond acceptors (Lipinski definition) is 5. The molecule has 2 fully saturated rings. The normalized spacial score (nSPS) is 27.4. The molecule has 0 saturated carbocycles. The van der Waals surface area contributed by atoms with Gasteiger partial charge in [-0.05, 0) is 31.4 Å². The van der Waals surface area contributed by atoms with Gasteiger partial charge >= 0.3 is 5.97 Å². The van der Waals surface area contributed by atoms with E-state index < -0.39 is 12.0 Å². The molecular formula is C18H20N2O4S. The highest BCUT2D eigenvalue weighted by Gasteiger charge is 2.53. The predicted octanol–water partition coefficient (Wildman–Crippen LogP) is 1.57. The number of esters is 1. The molecule has 2 atom stereocenters. The van der Waals surface area contributed by atoms with Gasteiger partial charge < -0.3 is 14.5 Å². The molecule has 3 heterocycles. The van der Waals surface area contributed by atoms with E-state index >= 15 is 0 Å². The maximum atomic E-state index is 12.4. The average molecular weight is 360 g/mol. The number of carbonyl (C=O) groups excluding carboxylic acids is 3. The molecule has 7 heteroatoms. The van der Waals surface area contributed by atoms with Gasteiger partial charge in [0, 0.05) is 24.4 Å². The van der Waals surface area contributed by atoms with Crippen molar-refractivity contribution in [2.24, 2.45) is 0 Å². The molecular weight excluding hydrogens is 340 g/mol. The van der Waals surface area contributed by atoms with Gasteiger partial charge in [-0.2, -0.15) is 0 Å². The Kier molecular flexibility index (Phi) is 3.98. The predicted molar refractivity (Wildman–Crippen MR) is 94.2 cm³/mol. The third-order valence-corrected chi connectivity index (χ3v) is 6.75. The van der Waals surface area contributed by atoms with Crippen LogP contribution in [0.3, 0.4) is 0 Å². The Bertz CT molecular complexity index is 752. The number of anilines is 1. The molecule has 0 N–H and O–H groups in total. The fourth-order valence-electron chi connectivity index (χ4n) is 3.90. The standard InChI is InChI=1S/C18H20N2O4S/c1-18-8-6-15(21)20(18)14(11-25-18)17(23)24-10-16(22)19-9-7-12-4-2-3-5-13(12)19/h2-5,14H,6-11H2,1H3. The zero-order chi connectivity index (χ0) is 17.6. The van der Waals surface area contributed by atoms with Crippen LogP contribution in [0.4, 0.5) is 5.69 Å². The molecule has 0 bridgehead atoms. The Morgan fingerprint density at radius 3 is 2.96 bits per heavy atom. The van der Waals surface area contributed by atoms with Crippen molar-refractivity contribution in [2.75, 3.05) is 23.8 Å². The number of para-hydroxylation sites is 1. The minimum atomic E-state index is -0.580. The van der Waals surface area contributed by atoms with E-state index in [1.807, 2.05) is 31.2 Å². The summed E-state index contributed by atoms with van der Waals surface area (Å²) in [4.78, 5) is 40.0. The summed E-state index contributed by atoms with van der Waals surface area (Å²) >= 11 is 1.61. The number of fused-ring (bicyclic) bond motifs is 2. The summed E-state index contributed by atoms with van der Waals surface area (Å²) in [5.74, 6) is -0.178. The number of rotatable bonds is 3. The number of carbonyl (C=O) groups is 3. The first-order valence-corrected chi connectivity index (χ1v) is 9.49. The van der Waals surface area contributed by atoms with Gasteiger partial charge in [0.25, 0.3) is 5.91 Å². The van der Waals surface area contributed by atoms with Crippen LogP contribution in [-0.4, -0.2) is 52.5 Å². The fraction of sp³-hybridized carbons (Fsp3) is 0.500. The summed E-state index contributed by atoms with van der Waals surface area (Å²) in [7, 11) is 0. The van der Waals surface area contributed by atoms with Crippen molar-refractivity contribution < 1.29 is 19.1 Å². The quantitative estimate of drug-likeness (QED) is 0.766. The second kappa shape index (κ2) is 6.05. The van der Waals surface area contributed by atoms with Gasteiger partial charge in [-0.25, -0.2) is 4.79 Å². The third-order valence-electron chi connectivity index (χ3n) is 5.24. The molecule has 132 valence electrons. The van der Waals surface area contributed by atoms with Gasteiger partial charge in [0.2, 0.25) is 5.91 Å². The lowest BCUT2D eigenvalue weighted by Gasteiger charge is -2.29. The molecule has 2 saturated heterocycles. The molecule has 2 amide bonds. The molecule has 2 unspecified atom stereocenters. The van der Waals surface area contributed by atoms with E-state index in [0.717, 1.165) is 24.1 Å². The van der Waals surface area contributed by atoms with Crippen molar-refractivity contribution in [2.45, 2.75) is 37.1 Å². The lowest BCUT2D eigenvalue weighted by Crippen LogP contribution is -2.47. The molecule has 1 aromatic rings. The van der Waals surface area contributed by atoms with E-state index in [1.165, 1.54) is 0 Å². The number of ether oxygens (including phenoxy) is 1. The van der Waals surface area contributed by atoms with Crippen LogP contribution >= 0.6 is 11.8 Å². The van der Waals surface area contributed by atoms with E-state index in [9.17, 15) is 14.4 Å². The van der Waals surface area contributed by atoms with Gasteiger partial charge in [-0.1, -0.05) is 18.2 Å². The van der Waals surface area contributed by atoms with E-state index in [-0.39, 0.29) is 23.3 Å². The maximum Gasteiger partial charge on any atom is 0.330 e. The minimum Gasteiger partial charge on any atom is -0.454 e. The Morgan fingerprint density at radius 2 is 2.12 bits per heavy atom. The topological polar surface area (TPSA) is 66.9 Å². The van der Waals surface area contributed by atoms with Crippen LogP contribution in [0, 0.1) is 0 Å². The number of thioether (sulfide) groups is 1. The van der Waals surface area contributed by atoms with Crippen LogP contribution in [-0.2, 0) is 25.5 Å². The summed E-state index contributed by atoms with van der Waals surface area (Å²) in [5, 5.41) is 0. The van der Waals surface area contributed by atoms with Gasteiger partial charge in [-0.3, -0.25) is 9.59 Å². The highest BCUT2D eigenvalue weighted by molar-refractivity contribution is 8.01. The summed E-state index contributed by atoms with van der Waals surface area (Å²) in [5.41, 5.74) is 2.02. The zero-order valence-electron chi connectivity index (χ0n) is 14.1. The molecule has 3 aliphatic heterocycles. The highest BCUT2D eigenvalue weighted by atomic mass is 32.2. The molecule has 3 aliphatic rings. The third kappa shape index (κ3) is 2.70. The van der Waals surface area contributed by atoms with Crippen molar-refractivity contribution in [1.82, 2.24) is 4.90 Å². The maximum absolute atomic E-state index is 12.4. The summed E-state index contributed by atoms with van der Waals surface area (Å²) < 4.78 is 5.28. The van der Waals surface area contributed by atoms with Crippen LogP contribution in [0.15, 0.2) is 24.3 Å². The largest absolute Gasteiger partial charge is 0.454 e. The van der Waals surface area contributed by atoms with Crippen LogP contribution in [0.5, 0.6) is 0 Å². The van der Waals surface area contributed by atoms with Crippen molar-refractivity contribution in [1.29, 1.82) is 0 Å². The summed E-state index contributed by atoms with van der Waals surface area (Å²) in [6.07, 6.45) is 2.04. The van der Waals surface area contributed by atoms with E-state index in [4.69, 9.17) is 4.74 Å². The lowest BCUT2D eigenvalue weighted by atomic mass is 10.2. The molecule has 4 rings (SSSR count). The van der Waals surface area contributed by atoms with Gasteiger partial charge in [-0.15, -0.1) is 11.8 Å². The summed E-state index contributed by atoms with van der Waals surface area (Å²) in [6, 6.07) is 7.18. The summed E-state index contributed by atoms with van der Waals surface area (Å²) in [6.45, 7) is 2.31. The molecule has 25 heavy (non-hydrogen) atoms. The minimum absolute atomic E-state index is 0.00533. The lowest BCUT2D eigenvalue weighted by molar-refractivity contribution is -0.155. The highest BCUT2D eigenvalue weighted by Crippen LogP contribution is 2.47. The van der Waals surface area contributed by atoms with E-state index in [2.05, 4.69) is 0 Å². The average Bonchev–Trinajstić information content (AvgIpc) is 3.26. The number of hydrogen-bond donors (Lipinski definition) is 0. The monoisotopic (exact) mass is 360 g/mol. The van der Waals surface area contributed by atoms with Crippen LogP contribution in [0.25, 0.3) is 0 Å². The SMILES string of the molecule is CC12CCC(=O)N1C(C(=O)OCC(=O)N1CCc3ccccc31)CS2. The molecule has 1 aromatic carbocycles. The Labute approximate surface area is 150 Å². The van der Waals surface area contributed by atoms with Crippen LogP contribution < -0.4 is 4.90 Å². The Balaban J connectivity index is 1.38. The number of nitrogens with zero attached hydrogens (tertiary/aromatic N) is 2. The first-order valence-electron chi connectivity index (χ1n) is 8.51. The van der Waals surface area contributed by atoms with Crippen molar-refractivity contribution in [3.63, 3.8) is 0 Å². The first kappa shape index (κ1) is 16.4. The number of benzene rings is 1. The van der Waals surface area contributed by atoms with Gasteiger partial charge in [0.1, 0.15) is 6.04 Å². The molecule has 0 spiro atoms. The smallest absolute Gasteiger partial charge is 0.330 e. The van der Waals surface area contributed by atoms with Crippen LogP contribution in [0.1, 0.15) is 25.3 Å². The van der Waals surface area contributed by atoms with Crippen LogP contribution in [0.2, 0.25) is 0 Å². The molecule has 0 radical (unpaired) electrons. The zero-order valence-corrected chi connectivity index (χ0v) is 14.9. The van der Waals surface area contributed by atoms with Crippen molar-refractivity contribution in [3.05, 3.63) is 29.8 Å². The van der Waals surface area contributed by atoms with Gasteiger partial charge in [0.15, 0.2) is 6.61 Å². The first-order chi connectivity index (χ1) is 12.0. The van der Waals surface area contributed by atoms with E-state index in [1.54, 1.807) is 21.6 Å². The fourth-order valence-corrected chi connectivity index (χ4v) is 5.32. The Morgan fingerprint density at radius 1 is 1.32 bits per heavy atom. The van der Waals surface area contributed by atoms with E-state index in [0.29, 0.717) is 18.7 Å². The molecule has 0 aromatic heterocycles.